The van der Waals surface area contributed by atoms with E-state index in [1.807, 2.05) is 0 Å². The van der Waals surface area contributed by atoms with Gasteiger partial charge in [-0.05, 0) is 93.8 Å². The smallest absolute Gasteiger partial charge is 0.312 e. The van der Waals surface area contributed by atoms with Gasteiger partial charge >= 0.3 is 11.9 Å². The third-order valence-electron chi connectivity index (χ3n) is 10.2. The van der Waals surface area contributed by atoms with E-state index in [4.69, 9.17) is 9.47 Å². The predicted octanol–water partition coefficient (Wildman–Crippen LogP) is 4.67. The van der Waals surface area contributed by atoms with Crippen molar-refractivity contribution in [2.45, 2.75) is 98.7 Å². The average Bonchev–Trinajstić information content (AvgIpc) is 2.79. The van der Waals surface area contributed by atoms with E-state index in [-0.39, 0.29) is 53.7 Å². The summed E-state index contributed by atoms with van der Waals surface area (Å²) >= 11 is 0. The van der Waals surface area contributed by atoms with E-state index >= 15 is 0 Å². The second kappa shape index (κ2) is 9.48. The summed E-state index contributed by atoms with van der Waals surface area (Å²) in [6.07, 6.45) is 7.82. The topological polar surface area (TPSA) is 93.1 Å². The number of hydrogen-bond donors (Lipinski definition) is 2. The van der Waals surface area contributed by atoms with Gasteiger partial charge in [-0.15, -0.1) is 0 Å². The third kappa shape index (κ3) is 4.47. The van der Waals surface area contributed by atoms with E-state index in [2.05, 4.69) is 33.8 Å². The first kappa shape index (κ1) is 26.7. The highest BCUT2D eigenvalue weighted by atomic mass is 16.5. The molecule has 0 aromatic rings. The largest absolute Gasteiger partial charge is 0.463 e. The lowest BCUT2D eigenvalue weighted by molar-refractivity contribution is -0.194. The first-order valence-corrected chi connectivity index (χ1v) is 13.8. The number of allylic oxidation sites excluding steroid dienone is 2. The van der Waals surface area contributed by atoms with Crippen LogP contribution in [-0.4, -0.2) is 47.6 Å². The molecule has 2 bridgehead atoms. The van der Waals surface area contributed by atoms with Crippen LogP contribution in [0.2, 0.25) is 0 Å². The Kier molecular flexibility index (Phi) is 7.22. The van der Waals surface area contributed by atoms with Gasteiger partial charge in [-0.25, -0.2) is 0 Å². The van der Waals surface area contributed by atoms with Gasteiger partial charge in [0.25, 0.3) is 0 Å². The number of aliphatic hydroxyl groups is 2. The third-order valence-corrected chi connectivity index (χ3v) is 10.2. The van der Waals surface area contributed by atoms with Crippen molar-refractivity contribution in [1.29, 1.82) is 0 Å². The summed E-state index contributed by atoms with van der Waals surface area (Å²) < 4.78 is 11.1. The van der Waals surface area contributed by atoms with E-state index in [1.54, 1.807) is 13.8 Å². The first-order chi connectivity index (χ1) is 16.3. The lowest BCUT2D eigenvalue weighted by Gasteiger charge is -2.67. The van der Waals surface area contributed by atoms with Crippen LogP contribution < -0.4 is 0 Å². The molecule has 198 valence electrons. The number of ether oxygens (including phenoxy) is 2. The fourth-order valence-corrected chi connectivity index (χ4v) is 8.74. The number of rotatable bonds is 7. The monoisotopic (exact) mass is 490 g/mol. The van der Waals surface area contributed by atoms with Crippen LogP contribution in [0.3, 0.4) is 0 Å². The number of fused-ring (bicyclic) bond motifs is 2. The molecule has 0 aliphatic heterocycles. The number of carbonyl (C=O) groups is 2. The minimum atomic E-state index is -0.661. The van der Waals surface area contributed by atoms with Gasteiger partial charge < -0.3 is 19.7 Å². The molecule has 0 aromatic carbocycles. The highest BCUT2D eigenvalue weighted by Gasteiger charge is 2.66. The summed E-state index contributed by atoms with van der Waals surface area (Å²) in [5.74, 6) is 0.713. The van der Waals surface area contributed by atoms with Crippen LogP contribution in [0.25, 0.3) is 0 Å². The summed E-state index contributed by atoms with van der Waals surface area (Å²) in [7, 11) is 0. The quantitative estimate of drug-likeness (QED) is 0.398. The Bertz CT molecular complexity index is 861. The molecule has 0 heterocycles. The highest BCUT2D eigenvalue weighted by Crippen LogP contribution is 2.72. The van der Waals surface area contributed by atoms with E-state index in [9.17, 15) is 19.8 Å². The van der Waals surface area contributed by atoms with E-state index < -0.39 is 17.6 Å². The Morgan fingerprint density at radius 3 is 2.29 bits per heavy atom. The van der Waals surface area contributed by atoms with Crippen LogP contribution in [0.15, 0.2) is 11.6 Å². The lowest BCUT2D eigenvalue weighted by Crippen LogP contribution is -2.62. The highest BCUT2D eigenvalue weighted by molar-refractivity contribution is 5.77. The number of carbonyl (C=O) groups excluding carboxylic acids is 2. The minimum absolute atomic E-state index is 0.000841. The summed E-state index contributed by atoms with van der Waals surface area (Å²) in [6.45, 7) is 12.3. The molecule has 6 nitrogen and oxygen atoms in total. The van der Waals surface area contributed by atoms with Crippen molar-refractivity contribution >= 4 is 11.9 Å². The summed E-state index contributed by atoms with van der Waals surface area (Å²) in [5.41, 5.74) is 0.806. The molecule has 0 amide bonds. The predicted molar refractivity (Wildman–Crippen MR) is 133 cm³/mol. The van der Waals surface area contributed by atoms with Crippen molar-refractivity contribution in [3.8, 4) is 0 Å². The molecule has 0 aromatic heterocycles. The molecule has 9 unspecified atom stereocenters. The first-order valence-electron chi connectivity index (χ1n) is 13.8. The molecule has 2 N–H and O–H groups in total. The normalized spacial score (nSPS) is 41.9. The van der Waals surface area contributed by atoms with Gasteiger partial charge in [-0.2, -0.15) is 0 Å². The maximum absolute atomic E-state index is 13.3. The summed E-state index contributed by atoms with van der Waals surface area (Å²) in [5, 5.41) is 19.3. The second-order valence-corrected chi connectivity index (χ2v) is 13.0. The zero-order chi connectivity index (χ0) is 25.8. The maximum Gasteiger partial charge on any atom is 0.312 e. The van der Waals surface area contributed by atoms with Gasteiger partial charge in [0.05, 0.1) is 23.5 Å². The molecule has 3 saturated carbocycles. The van der Waals surface area contributed by atoms with Gasteiger partial charge in [0.15, 0.2) is 0 Å². The van der Waals surface area contributed by atoms with Gasteiger partial charge in [0.1, 0.15) is 13.2 Å². The van der Waals surface area contributed by atoms with Crippen LogP contribution in [0.5, 0.6) is 0 Å². The van der Waals surface area contributed by atoms with Crippen molar-refractivity contribution in [2.75, 3.05) is 13.2 Å². The second-order valence-electron chi connectivity index (χ2n) is 13.0. The van der Waals surface area contributed by atoms with Crippen LogP contribution >= 0.6 is 0 Å². The van der Waals surface area contributed by atoms with Crippen LogP contribution in [-0.2, 0) is 19.1 Å². The molecule has 5 rings (SSSR count). The Hall–Kier alpha value is -1.40. The molecule has 35 heavy (non-hydrogen) atoms. The molecule has 1 spiro atoms. The van der Waals surface area contributed by atoms with Crippen molar-refractivity contribution in [3.05, 3.63) is 11.6 Å². The lowest BCUT2D eigenvalue weighted by atomic mass is 9.36. The Balaban J connectivity index is 1.64. The van der Waals surface area contributed by atoms with Crippen molar-refractivity contribution in [2.24, 2.45) is 45.8 Å². The number of aliphatic hydroxyl groups excluding tert-OH is 2. The molecule has 9 atom stereocenters. The minimum Gasteiger partial charge on any atom is -0.463 e. The Labute approximate surface area is 210 Å². The van der Waals surface area contributed by atoms with Gasteiger partial charge in [0.2, 0.25) is 0 Å². The molecule has 5 aliphatic carbocycles. The molecule has 6 heteroatoms. The van der Waals surface area contributed by atoms with E-state index in [0.717, 1.165) is 44.9 Å². The van der Waals surface area contributed by atoms with E-state index in [0.29, 0.717) is 11.8 Å². The van der Waals surface area contributed by atoms with Crippen LogP contribution in [0.1, 0.15) is 86.5 Å². The fraction of sp³-hybridized carbons (Fsp3) is 0.862. The van der Waals surface area contributed by atoms with Crippen molar-refractivity contribution in [1.82, 2.24) is 0 Å². The zero-order valence-electron chi connectivity index (χ0n) is 22.5. The fourth-order valence-electron chi connectivity index (χ4n) is 8.74. The van der Waals surface area contributed by atoms with E-state index in [1.165, 1.54) is 5.57 Å². The Morgan fingerprint density at radius 2 is 1.66 bits per heavy atom. The molecular weight excluding hydrogens is 444 g/mol. The molecular formula is C29H46O6. The Morgan fingerprint density at radius 1 is 1.00 bits per heavy atom. The van der Waals surface area contributed by atoms with Crippen LogP contribution in [0, 0.1) is 45.8 Å². The molecule has 5 aliphatic rings. The maximum atomic E-state index is 13.3. The van der Waals surface area contributed by atoms with Crippen molar-refractivity contribution < 1.29 is 29.3 Å². The molecule has 0 saturated heterocycles. The standard InChI is InChI=1S/C29H46O6/c1-17(2)21-13-29-11-8-23-27(5,9-7-10-28(23,6)26(33)35-16-19(4)31)24(29)12-20(21)22(14-29)25(32)34-15-18(3)30/h13,17-20,22-24,30-31H,7-12,14-16H2,1-6H3. The molecule has 3 fully saturated rings. The molecule has 0 radical (unpaired) electrons. The summed E-state index contributed by atoms with van der Waals surface area (Å²) in [6, 6.07) is 0. The van der Waals surface area contributed by atoms with Crippen molar-refractivity contribution in [3.63, 3.8) is 0 Å². The SMILES string of the molecule is CC(O)COC(=O)C1CC23C=C(C(C)C)C1CC2C1(C)CCCC(C)(C(=O)OCC(C)O)C1CC3. The number of esters is 2. The van der Waals surface area contributed by atoms with Gasteiger partial charge in [-0.1, -0.05) is 38.8 Å². The zero-order valence-corrected chi connectivity index (χ0v) is 22.5. The number of hydrogen-bond acceptors (Lipinski definition) is 6. The van der Waals surface area contributed by atoms with Crippen LogP contribution in [0.4, 0.5) is 0 Å². The average molecular weight is 491 g/mol. The summed E-state index contributed by atoms with van der Waals surface area (Å²) in [4.78, 5) is 26.5. The van der Waals surface area contributed by atoms with Gasteiger partial charge in [0, 0.05) is 0 Å². The van der Waals surface area contributed by atoms with Gasteiger partial charge in [-0.3, -0.25) is 9.59 Å².